The van der Waals surface area contributed by atoms with Gasteiger partial charge < -0.3 is 10.1 Å². The van der Waals surface area contributed by atoms with E-state index in [0.717, 1.165) is 23.5 Å². The van der Waals surface area contributed by atoms with Crippen molar-refractivity contribution in [2.75, 3.05) is 38.2 Å². The summed E-state index contributed by atoms with van der Waals surface area (Å²) < 4.78 is 5.30. The van der Waals surface area contributed by atoms with Crippen molar-refractivity contribution in [1.29, 1.82) is 0 Å². The highest BCUT2D eigenvalue weighted by molar-refractivity contribution is 7.16. The van der Waals surface area contributed by atoms with Gasteiger partial charge in [-0.1, -0.05) is 11.6 Å². The number of carbonyl (C=O) groups excluding carboxylic acids is 2. The highest BCUT2D eigenvalue weighted by Crippen LogP contribution is 2.34. The molecule has 138 valence electrons. The number of nitrogens with one attached hydrogen (secondary N) is 1. The van der Waals surface area contributed by atoms with E-state index in [9.17, 15) is 9.59 Å². The number of thiophene rings is 1. The largest absolute Gasteiger partial charge is 0.379 e. The Morgan fingerprint density at radius 1 is 1.19 bits per heavy atom. The number of aryl methyl sites for hydroxylation is 1. The third-order valence-electron chi connectivity index (χ3n) is 4.44. The summed E-state index contributed by atoms with van der Waals surface area (Å²) in [6.07, 6.45) is 0. The van der Waals surface area contributed by atoms with Gasteiger partial charge in [0, 0.05) is 28.6 Å². The number of halogens is 1. The Kier molecular flexibility index (Phi) is 6.09. The molecule has 1 aliphatic rings. The molecular formula is C19H21ClN2O3S. The summed E-state index contributed by atoms with van der Waals surface area (Å²) in [6, 6.07) is 6.80. The maximum atomic E-state index is 13.0. The van der Waals surface area contributed by atoms with Gasteiger partial charge in [0.2, 0.25) is 5.91 Å². The van der Waals surface area contributed by atoms with E-state index in [1.165, 1.54) is 11.3 Å². The maximum Gasteiger partial charge on any atom is 0.239 e. The lowest BCUT2D eigenvalue weighted by Crippen LogP contribution is -2.41. The molecule has 0 aliphatic carbocycles. The molecule has 5 nitrogen and oxygen atoms in total. The zero-order valence-corrected chi connectivity index (χ0v) is 16.4. The van der Waals surface area contributed by atoms with E-state index in [1.807, 2.05) is 18.7 Å². The van der Waals surface area contributed by atoms with E-state index in [2.05, 4.69) is 5.32 Å². The van der Waals surface area contributed by atoms with Crippen LogP contribution in [0.1, 0.15) is 26.4 Å². The molecule has 1 N–H and O–H groups in total. The summed E-state index contributed by atoms with van der Waals surface area (Å²) in [7, 11) is 0. The van der Waals surface area contributed by atoms with Gasteiger partial charge >= 0.3 is 0 Å². The third kappa shape index (κ3) is 4.32. The second-order valence-electron chi connectivity index (χ2n) is 6.26. The fourth-order valence-corrected chi connectivity index (χ4v) is 4.06. The minimum absolute atomic E-state index is 0.106. The van der Waals surface area contributed by atoms with Crippen molar-refractivity contribution in [3.8, 4) is 0 Å². The van der Waals surface area contributed by atoms with Crippen LogP contribution in [0.5, 0.6) is 0 Å². The summed E-state index contributed by atoms with van der Waals surface area (Å²) in [4.78, 5) is 28.5. The molecule has 0 atom stereocenters. The first-order chi connectivity index (χ1) is 12.5. The summed E-state index contributed by atoms with van der Waals surface area (Å²) in [5, 5.41) is 4.12. The average Bonchev–Trinajstić information content (AvgIpc) is 2.89. The van der Waals surface area contributed by atoms with Gasteiger partial charge in [0.25, 0.3) is 0 Å². The van der Waals surface area contributed by atoms with E-state index in [-0.39, 0.29) is 11.7 Å². The van der Waals surface area contributed by atoms with Crippen LogP contribution in [0.3, 0.4) is 0 Å². The average molecular weight is 393 g/mol. The Morgan fingerprint density at radius 3 is 2.50 bits per heavy atom. The Labute approximate surface area is 161 Å². The first-order valence-electron chi connectivity index (χ1n) is 8.46. The Bertz CT molecular complexity index is 811. The molecule has 1 amide bonds. The number of hydrogen-bond acceptors (Lipinski definition) is 5. The Hall–Kier alpha value is -1.73. The Morgan fingerprint density at radius 2 is 1.85 bits per heavy atom. The smallest absolute Gasteiger partial charge is 0.239 e. The first-order valence-corrected chi connectivity index (χ1v) is 9.65. The predicted molar refractivity (Wildman–Crippen MR) is 105 cm³/mol. The molecule has 1 aromatic carbocycles. The molecule has 1 saturated heterocycles. The normalized spacial score (nSPS) is 15.0. The van der Waals surface area contributed by atoms with Crippen molar-refractivity contribution >= 4 is 39.6 Å². The van der Waals surface area contributed by atoms with Gasteiger partial charge in [0.1, 0.15) is 5.00 Å². The molecule has 2 heterocycles. The minimum Gasteiger partial charge on any atom is -0.379 e. The summed E-state index contributed by atoms with van der Waals surface area (Å²) in [6.45, 7) is 6.94. The summed E-state index contributed by atoms with van der Waals surface area (Å²) >= 11 is 7.35. The number of rotatable bonds is 5. The van der Waals surface area contributed by atoms with Crippen molar-refractivity contribution in [3.63, 3.8) is 0 Å². The summed E-state index contributed by atoms with van der Waals surface area (Å²) in [5.41, 5.74) is 2.01. The van der Waals surface area contributed by atoms with E-state index in [0.29, 0.717) is 40.9 Å². The van der Waals surface area contributed by atoms with Gasteiger partial charge in [-0.3, -0.25) is 14.5 Å². The zero-order valence-electron chi connectivity index (χ0n) is 14.8. The maximum absolute atomic E-state index is 13.0. The number of amides is 1. The van der Waals surface area contributed by atoms with Gasteiger partial charge in [-0.2, -0.15) is 0 Å². The van der Waals surface area contributed by atoms with Crippen LogP contribution >= 0.6 is 22.9 Å². The van der Waals surface area contributed by atoms with E-state index < -0.39 is 0 Å². The molecule has 7 heteroatoms. The van der Waals surface area contributed by atoms with Gasteiger partial charge in [-0.15, -0.1) is 11.3 Å². The van der Waals surface area contributed by atoms with Gasteiger partial charge in [-0.05, 0) is 43.7 Å². The van der Waals surface area contributed by atoms with Crippen molar-refractivity contribution in [2.24, 2.45) is 0 Å². The van der Waals surface area contributed by atoms with Crippen LogP contribution in [0.2, 0.25) is 5.02 Å². The number of nitrogens with zero attached hydrogens (tertiary/aromatic N) is 1. The van der Waals surface area contributed by atoms with Crippen molar-refractivity contribution in [2.45, 2.75) is 13.8 Å². The molecule has 0 unspecified atom stereocenters. The van der Waals surface area contributed by atoms with Crippen molar-refractivity contribution in [3.05, 3.63) is 50.9 Å². The molecule has 0 saturated carbocycles. The van der Waals surface area contributed by atoms with Crippen molar-refractivity contribution < 1.29 is 14.3 Å². The van der Waals surface area contributed by atoms with Crippen LogP contribution in [-0.4, -0.2) is 49.4 Å². The van der Waals surface area contributed by atoms with Crippen LogP contribution in [0, 0.1) is 13.8 Å². The Balaban J connectivity index is 1.79. The lowest BCUT2D eigenvalue weighted by molar-refractivity contribution is -0.118. The minimum atomic E-state index is -0.113. The van der Waals surface area contributed by atoms with Crippen LogP contribution in [-0.2, 0) is 9.53 Å². The SMILES string of the molecule is Cc1sc(NC(=O)CN2CCOCC2)c(C(=O)c2ccc(Cl)cc2)c1C. The van der Waals surface area contributed by atoms with Gasteiger partial charge in [0.15, 0.2) is 5.78 Å². The fourth-order valence-electron chi connectivity index (χ4n) is 2.86. The highest BCUT2D eigenvalue weighted by atomic mass is 35.5. The summed E-state index contributed by atoms with van der Waals surface area (Å²) in [5.74, 6) is -0.219. The highest BCUT2D eigenvalue weighted by Gasteiger charge is 2.23. The van der Waals surface area contributed by atoms with E-state index >= 15 is 0 Å². The van der Waals surface area contributed by atoms with Crippen LogP contribution in [0.15, 0.2) is 24.3 Å². The second-order valence-corrected chi connectivity index (χ2v) is 7.92. The number of carbonyl (C=O) groups is 2. The lowest BCUT2D eigenvalue weighted by Gasteiger charge is -2.25. The number of morpholine rings is 1. The quantitative estimate of drug-likeness (QED) is 0.791. The number of ether oxygens (including phenoxy) is 1. The topological polar surface area (TPSA) is 58.6 Å². The monoisotopic (exact) mass is 392 g/mol. The fraction of sp³-hybridized carbons (Fsp3) is 0.368. The molecule has 1 aliphatic heterocycles. The molecular weight excluding hydrogens is 372 g/mol. The van der Waals surface area contributed by atoms with Crippen LogP contribution in [0.25, 0.3) is 0 Å². The molecule has 0 bridgehead atoms. The number of hydrogen-bond donors (Lipinski definition) is 1. The number of ketones is 1. The van der Waals surface area contributed by atoms with Crippen LogP contribution < -0.4 is 5.32 Å². The molecule has 1 fully saturated rings. The zero-order chi connectivity index (χ0) is 18.7. The number of benzene rings is 1. The standard InChI is InChI=1S/C19H21ClN2O3S/c1-12-13(2)26-19(21-16(23)11-22-7-9-25-10-8-22)17(12)18(24)14-3-5-15(20)6-4-14/h3-6H,7-11H2,1-2H3,(H,21,23). The molecule has 1 aromatic heterocycles. The predicted octanol–water partition coefficient (Wildman–Crippen LogP) is 3.52. The van der Waals surface area contributed by atoms with Crippen molar-refractivity contribution in [1.82, 2.24) is 4.90 Å². The molecule has 26 heavy (non-hydrogen) atoms. The number of anilines is 1. The first kappa shape index (κ1) is 19.0. The second kappa shape index (κ2) is 8.31. The molecule has 3 rings (SSSR count). The lowest BCUT2D eigenvalue weighted by atomic mass is 10.0. The van der Waals surface area contributed by atoms with E-state index in [1.54, 1.807) is 24.3 Å². The third-order valence-corrected chi connectivity index (χ3v) is 5.82. The molecule has 0 spiro atoms. The van der Waals surface area contributed by atoms with Gasteiger partial charge in [-0.25, -0.2) is 0 Å². The molecule has 2 aromatic rings. The molecule has 0 radical (unpaired) electrons. The van der Waals surface area contributed by atoms with Gasteiger partial charge in [0.05, 0.1) is 25.3 Å². The van der Waals surface area contributed by atoms with Crippen LogP contribution in [0.4, 0.5) is 5.00 Å². The van der Waals surface area contributed by atoms with E-state index in [4.69, 9.17) is 16.3 Å².